The van der Waals surface area contributed by atoms with Crippen molar-refractivity contribution in [1.82, 2.24) is 0 Å². The summed E-state index contributed by atoms with van der Waals surface area (Å²) in [6.45, 7) is 4.53. The number of rotatable bonds is 8. The molecule has 0 N–H and O–H groups in total. The first-order valence-electron chi connectivity index (χ1n) is 9.51. The number of halogens is 1. The number of hydrogen-bond acceptors (Lipinski definition) is 1. The minimum Gasteiger partial charge on any atom is -0.293 e. The van der Waals surface area contributed by atoms with Crippen LogP contribution >= 0.6 is 15.9 Å². The summed E-state index contributed by atoms with van der Waals surface area (Å²) >= 11 is 3.32. The number of fused-ring (bicyclic) bond motifs is 3. The van der Waals surface area contributed by atoms with Crippen LogP contribution < -0.4 is 0 Å². The molecule has 0 saturated heterocycles. The lowest BCUT2D eigenvalue weighted by Gasteiger charge is -2.32. The Kier molecular flexibility index (Phi) is 5.78. The van der Waals surface area contributed by atoms with Crippen molar-refractivity contribution >= 4 is 21.7 Å². The van der Waals surface area contributed by atoms with Gasteiger partial charge in [0.1, 0.15) is 0 Å². The fourth-order valence-corrected chi connectivity index (χ4v) is 4.65. The third-order valence-corrected chi connectivity index (χ3v) is 6.13. The maximum absolute atomic E-state index is 12.3. The molecule has 0 aromatic heterocycles. The first kappa shape index (κ1) is 18.4. The molecule has 1 aliphatic carbocycles. The predicted molar refractivity (Wildman–Crippen MR) is 110 cm³/mol. The molecule has 0 atom stereocenters. The van der Waals surface area contributed by atoms with Gasteiger partial charge in [0.2, 0.25) is 0 Å². The Bertz CT molecular complexity index is 754. The lowest BCUT2D eigenvalue weighted by atomic mass is 9.70. The highest BCUT2D eigenvalue weighted by Crippen LogP contribution is 2.54. The van der Waals surface area contributed by atoms with Gasteiger partial charge in [0.05, 0.1) is 5.33 Å². The van der Waals surface area contributed by atoms with Gasteiger partial charge < -0.3 is 0 Å². The number of Topliss-reactive ketones (excluding diaryl/α,β-unsaturated/α-hetero) is 1. The van der Waals surface area contributed by atoms with Gasteiger partial charge in [-0.25, -0.2) is 0 Å². The maximum atomic E-state index is 12.3. The lowest BCUT2D eigenvalue weighted by Crippen LogP contribution is -2.25. The van der Waals surface area contributed by atoms with Gasteiger partial charge in [-0.1, -0.05) is 91.9 Å². The molecule has 0 radical (unpaired) electrons. The van der Waals surface area contributed by atoms with E-state index in [2.05, 4.69) is 66.2 Å². The second-order valence-corrected chi connectivity index (χ2v) is 7.71. The number of carbonyl (C=O) groups is 1. The molecule has 0 fully saturated rings. The molecular formula is C23H27BrO. The molecule has 0 aliphatic heterocycles. The first-order valence-corrected chi connectivity index (χ1v) is 10.6. The summed E-state index contributed by atoms with van der Waals surface area (Å²) in [5.41, 5.74) is 6.44. The quantitative estimate of drug-likeness (QED) is 0.348. The number of alkyl halides is 1. The summed E-state index contributed by atoms with van der Waals surface area (Å²) < 4.78 is 0. The van der Waals surface area contributed by atoms with Gasteiger partial charge in [0.15, 0.2) is 5.78 Å². The van der Waals surface area contributed by atoms with Crippen molar-refractivity contribution in [3.63, 3.8) is 0 Å². The van der Waals surface area contributed by atoms with Crippen molar-refractivity contribution < 1.29 is 4.79 Å². The van der Waals surface area contributed by atoms with Crippen LogP contribution in [0.1, 0.15) is 73.9 Å². The standard InChI is InChI=1S/C23H27BrO/c1-3-5-13-23(14-6-4-2)20-10-8-7-9-18(20)19-12-11-17(15-21(19)23)22(25)16-24/h7-12,15H,3-6,13-14,16H2,1-2H3. The van der Waals surface area contributed by atoms with E-state index in [1.165, 1.54) is 60.8 Å². The van der Waals surface area contributed by atoms with E-state index in [1.54, 1.807) is 0 Å². The molecule has 2 heteroatoms. The van der Waals surface area contributed by atoms with Crippen molar-refractivity contribution in [2.24, 2.45) is 0 Å². The Morgan fingerprint density at radius 1 is 0.920 bits per heavy atom. The zero-order valence-corrected chi connectivity index (χ0v) is 16.9. The Morgan fingerprint density at radius 2 is 1.56 bits per heavy atom. The smallest absolute Gasteiger partial charge is 0.173 e. The van der Waals surface area contributed by atoms with Crippen LogP contribution in [0.25, 0.3) is 11.1 Å². The van der Waals surface area contributed by atoms with Gasteiger partial charge in [-0.15, -0.1) is 0 Å². The van der Waals surface area contributed by atoms with Crippen LogP contribution in [0.15, 0.2) is 42.5 Å². The highest BCUT2D eigenvalue weighted by molar-refractivity contribution is 9.09. The topological polar surface area (TPSA) is 17.1 Å². The first-order chi connectivity index (χ1) is 12.2. The monoisotopic (exact) mass is 398 g/mol. The van der Waals surface area contributed by atoms with Gasteiger partial charge in [0, 0.05) is 11.0 Å². The molecule has 0 heterocycles. The van der Waals surface area contributed by atoms with Crippen LogP contribution in [0.3, 0.4) is 0 Å². The Labute approximate surface area is 160 Å². The Hall–Kier alpha value is -1.41. The van der Waals surface area contributed by atoms with E-state index in [1.807, 2.05) is 6.07 Å². The van der Waals surface area contributed by atoms with Gasteiger partial charge in [0.25, 0.3) is 0 Å². The third kappa shape index (κ3) is 3.21. The van der Waals surface area contributed by atoms with Crippen LogP contribution in [0, 0.1) is 0 Å². The second kappa shape index (κ2) is 7.86. The lowest BCUT2D eigenvalue weighted by molar-refractivity contribution is 0.102. The van der Waals surface area contributed by atoms with Crippen LogP contribution in [0.2, 0.25) is 0 Å². The van der Waals surface area contributed by atoms with E-state index < -0.39 is 0 Å². The maximum Gasteiger partial charge on any atom is 0.173 e. The van der Waals surface area contributed by atoms with Crippen molar-refractivity contribution in [3.8, 4) is 11.1 Å². The van der Waals surface area contributed by atoms with E-state index in [0.29, 0.717) is 5.33 Å². The van der Waals surface area contributed by atoms with Crippen molar-refractivity contribution in [3.05, 3.63) is 59.2 Å². The molecule has 1 nitrogen and oxygen atoms in total. The Morgan fingerprint density at radius 3 is 2.20 bits per heavy atom. The molecule has 3 rings (SSSR count). The van der Waals surface area contributed by atoms with Crippen LogP contribution in [0.5, 0.6) is 0 Å². The zero-order chi connectivity index (χ0) is 17.9. The van der Waals surface area contributed by atoms with Crippen LogP contribution in [-0.4, -0.2) is 11.1 Å². The summed E-state index contributed by atoms with van der Waals surface area (Å²) in [6.07, 6.45) is 7.16. The van der Waals surface area contributed by atoms with E-state index in [-0.39, 0.29) is 11.2 Å². The largest absolute Gasteiger partial charge is 0.293 e. The highest BCUT2D eigenvalue weighted by atomic mass is 79.9. The summed E-state index contributed by atoms with van der Waals surface area (Å²) in [6, 6.07) is 15.2. The molecule has 2 aromatic rings. The van der Waals surface area contributed by atoms with Crippen LogP contribution in [0.4, 0.5) is 0 Å². The summed E-state index contributed by atoms with van der Waals surface area (Å²) in [4.78, 5) is 12.3. The SMILES string of the molecule is CCCCC1(CCCC)c2ccccc2-c2ccc(C(=O)CBr)cc21. The highest BCUT2D eigenvalue weighted by Gasteiger charge is 2.42. The van der Waals surface area contributed by atoms with Gasteiger partial charge >= 0.3 is 0 Å². The number of ketones is 1. The molecule has 0 saturated carbocycles. The Balaban J connectivity index is 2.20. The number of carbonyl (C=O) groups excluding carboxylic acids is 1. The molecule has 2 aromatic carbocycles. The average molecular weight is 399 g/mol. The van der Waals surface area contributed by atoms with Crippen molar-refractivity contribution in [2.75, 3.05) is 5.33 Å². The zero-order valence-electron chi connectivity index (χ0n) is 15.3. The van der Waals surface area contributed by atoms with E-state index in [9.17, 15) is 4.79 Å². The van der Waals surface area contributed by atoms with E-state index >= 15 is 0 Å². The second-order valence-electron chi connectivity index (χ2n) is 7.15. The molecule has 1 aliphatic rings. The minimum atomic E-state index is 0.0700. The van der Waals surface area contributed by atoms with Gasteiger partial charge in [-0.05, 0) is 41.2 Å². The average Bonchev–Trinajstić information content (AvgIpc) is 2.94. The summed E-state index contributed by atoms with van der Waals surface area (Å²) in [5.74, 6) is 0.165. The third-order valence-electron chi connectivity index (χ3n) is 5.63. The van der Waals surface area contributed by atoms with Crippen LogP contribution in [-0.2, 0) is 5.41 Å². The molecule has 0 spiro atoms. The van der Waals surface area contributed by atoms with Crippen molar-refractivity contribution in [2.45, 2.75) is 57.8 Å². The van der Waals surface area contributed by atoms with E-state index in [4.69, 9.17) is 0 Å². The molecular weight excluding hydrogens is 372 g/mol. The number of hydrogen-bond donors (Lipinski definition) is 0. The fourth-order valence-electron chi connectivity index (χ4n) is 4.33. The fraction of sp³-hybridized carbons (Fsp3) is 0.435. The molecule has 25 heavy (non-hydrogen) atoms. The predicted octanol–water partition coefficient (Wildman–Crippen LogP) is 6.91. The minimum absolute atomic E-state index is 0.0700. The summed E-state index contributed by atoms with van der Waals surface area (Å²) in [5, 5.41) is 0.385. The van der Waals surface area contributed by atoms with Crippen molar-refractivity contribution in [1.29, 1.82) is 0 Å². The number of unbranched alkanes of at least 4 members (excludes halogenated alkanes) is 2. The summed E-state index contributed by atoms with van der Waals surface area (Å²) in [7, 11) is 0. The number of benzene rings is 2. The van der Waals surface area contributed by atoms with Gasteiger partial charge in [-0.3, -0.25) is 4.79 Å². The molecule has 0 amide bonds. The van der Waals surface area contributed by atoms with Gasteiger partial charge in [-0.2, -0.15) is 0 Å². The molecule has 0 unspecified atom stereocenters. The normalized spacial score (nSPS) is 14.2. The molecule has 0 bridgehead atoms. The molecule has 132 valence electrons. The van der Waals surface area contributed by atoms with E-state index in [0.717, 1.165) is 5.56 Å².